The van der Waals surface area contributed by atoms with Crippen LogP contribution in [-0.4, -0.2) is 108 Å². The highest BCUT2D eigenvalue weighted by atomic mass is 32.2. The van der Waals surface area contributed by atoms with Crippen molar-refractivity contribution in [1.29, 1.82) is 0 Å². The molecule has 1 aliphatic carbocycles. The van der Waals surface area contributed by atoms with Gasteiger partial charge in [-0.15, -0.1) is 0 Å². The van der Waals surface area contributed by atoms with Crippen molar-refractivity contribution >= 4 is 27.7 Å². The first kappa shape index (κ1) is 38.1. The smallest absolute Gasteiger partial charge is 0.318 e. The third-order valence-corrected chi connectivity index (χ3v) is 12.8. The Morgan fingerprint density at radius 1 is 0.917 bits per heavy atom. The summed E-state index contributed by atoms with van der Waals surface area (Å²) in [5, 5.41) is 20.8. The van der Waals surface area contributed by atoms with Crippen LogP contribution in [0.15, 0.2) is 30.3 Å². The summed E-state index contributed by atoms with van der Waals surface area (Å²) in [5.41, 5.74) is 0.473. The Labute approximate surface area is 287 Å². The molecule has 2 unspecified atom stereocenters. The van der Waals surface area contributed by atoms with E-state index in [1.54, 1.807) is 4.90 Å². The van der Waals surface area contributed by atoms with Crippen molar-refractivity contribution in [3.05, 3.63) is 35.9 Å². The van der Waals surface area contributed by atoms with E-state index < -0.39 is 56.3 Å². The predicted molar refractivity (Wildman–Crippen MR) is 188 cm³/mol. The summed E-state index contributed by atoms with van der Waals surface area (Å²) in [7, 11) is -3.81. The lowest BCUT2D eigenvalue weighted by atomic mass is 9.72. The Morgan fingerprint density at radius 3 is 2.15 bits per heavy atom. The molecule has 48 heavy (non-hydrogen) atoms. The Bertz CT molecular complexity index is 1360. The second-order valence-electron chi connectivity index (χ2n) is 15.9. The van der Waals surface area contributed by atoms with E-state index in [2.05, 4.69) is 20.9 Å². The topological polar surface area (TPSA) is 148 Å². The van der Waals surface area contributed by atoms with Gasteiger partial charge in [0.25, 0.3) is 0 Å². The van der Waals surface area contributed by atoms with Crippen molar-refractivity contribution in [1.82, 2.24) is 25.8 Å². The molecule has 270 valence electrons. The molecule has 1 aromatic carbocycles. The number of rotatable bonds is 11. The molecule has 0 bridgehead atoms. The van der Waals surface area contributed by atoms with Gasteiger partial charge in [-0.25, -0.2) is 13.2 Å². The van der Waals surface area contributed by atoms with Crippen LogP contribution in [0.1, 0.15) is 91.5 Å². The van der Waals surface area contributed by atoms with Gasteiger partial charge in [-0.3, -0.25) is 14.5 Å². The highest BCUT2D eigenvalue weighted by Gasteiger charge is 2.46. The fourth-order valence-corrected chi connectivity index (χ4v) is 8.09. The van der Waals surface area contributed by atoms with E-state index in [0.717, 1.165) is 56.8 Å². The van der Waals surface area contributed by atoms with E-state index in [4.69, 9.17) is 0 Å². The maximum absolute atomic E-state index is 14.2. The number of piperidine rings is 2. The maximum atomic E-state index is 14.2. The fourth-order valence-electron chi connectivity index (χ4n) is 7.49. The molecule has 1 aromatic rings. The second kappa shape index (κ2) is 15.9. The van der Waals surface area contributed by atoms with E-state index >= 15 is 0 Å². The van der Waals surface area contributed by atoms with Crippen molar-refractivity contribution in [3.8, 4) is 0 Å². The van der Waals surface area contributed by atoms with Gasteiger partial charge in [-0.05, 0) is 90.5 Å². The molecule has 3 aliphatic rings. The summed E-state index contributed by atoms with van der Waals surface area (Å²) in [4.78, 5) is 44.8. The Kier molecular flexibility index (Phi) is 12.6. The minimum atomic E-state index is -3.81. The van der Waals surface area contributed by atoms with Crippen LogP contribution in [0.25, 0.3) is 0 Å². The molecule has 3 fully saturated rings. The van der Waals surface area contributed by atoms with Gasteiger partial charge in [-0.1, -0.05) is 49.6 Å². The number of hydrogen-bond acceptors (Lipinski definition) is 7. The number of nitrogens with one attached hydrogen (secondary N) is 3. The monoisotopic (exact) mass is 689 g/mol. The van der Waals surface area contributed by atoms with Crippen LogP contribution in [0.2, 0.25) is 0 Å². The van der Waals surface area contributed by atoms with Crippen molar-refractivity contribution in [2.75, 3.05) is 32.4 Å². The Morgan fingerprint density at radius 2 is 1.54 bits per heavy atom. The lowest BCUT2D eigenvalue weighted by Crippen LogP contribution is -2.65. The molecule has 4 N–H and O–H groups in total. The van der Waals surface area contributed by atoms with Crippen molar-refractivity contribution in [2.45, 2.75) is 127 Å². The minimum Gasteiger partial charge on any atom is -0.390 e. The average Bonchev–Trinajstić information content (AvgIpc) is 3.02. The van der Waals surface area contributed by atoms with Gasteiger partial charge in [0.2, 0.25) is 11.8 Å². The number of likely N-dealkylation sites (tertiary alicyclic amines) is 2. The zero-order valence-corrected chi connectivity index (χ0v) is 30.7. The summed E-state index contributed by atoms with van der Waals surface area (Å²) in [6, 6.07) is 6.37. The number of aliphatic hydroxyl groups is 1. The molecule has 0 aromatic heterocycles. The maximum Gasteiger partial charge on any atom is 0.318 e. The number of nitrogens with zero attached hydrogens (tertiary/aromatic N) is 2. The molecule has 1 saturated carbocycles. The summed E-state index contributed by atoms with van der Waals surface area (Å²) in [5.74, 6) is 0.170. The Balaban J connectivity index is 1.60. The van der Waals surface area contributed by atoms with Crippen LogP contribution < -0.4 is 16.0 Å². The largest absolute Gasteiger partial charge is 0.390 e. The normalized spacial score (nSPS) is 24.5. The molecule has 6 atom stereocenters. The van der Waals surface area contributed by atoms with Crippen LogP contribution in [0.4, 0.5) is 4.79 Å². The third-order valence-electron chi connectivity index (χ3n) is 10.6. The van der Waals surface area contributed by atoms with Crippen molar-refractivity contribution in [3.63, 3.8) is 0 Å². The molecule has 2 aliphatic heterocycles. The van der Waals surface area contributed by atoms with Gasteiger partial charge in [0.15, 0.2) is 9.84 Å². The van der Waals surface area contributed by atoms with Crippen LogP contribution in [0.5, 0.6) is 0 Å². The standard InChI is InChI=1S/C36H59N5O6S/c1-35(2,3)39-32(43)29-22-26-17-11-12-18-27(26)23-41(29)24-30(42)28(21-25-15-9-7-10-16-25)37-33(44)31(36(4,5)48(6,46)47)38-34(45)40-19-13-8-14-20-40/h7,9-10,15-16,26-31,42H,8,11-14,17-24H2,1-6H3,(H,37,44)(H,38,45)(H,39,43)/t26?,27?,28-,29-,30+,31+/m0/s1. The number of carbonyl (C=O) groups excluding carboxylic acids is 3. The average molecular weight is 690 g/mol. The molecular formula is C36H59N5O6S. The quantitative estimate of drug-likeness (QED) is 0.279. The zero-order chi connectivity index (χ0) is 35.3. The zero-order valence-electron chi connectivity index (χ0n) is 29.8. The number of carbonyl (C=O) groups is 3. The summed E-state index contributed by atoms with van der Waals surface area (Å²) >= 11 is 0. The van der Waals surface area contributed by atoms with Gasteiger partial charge in [0, 0.05) is 38.0 Å². The van der Waals surface area contributed by atoms with E-state index in [9.17, 15) is 27.9 Å². The molecule has 12 heteroatoms. The number of β-amino-alcohol motifs (C(OH)–C–C–N with tert-alkyl or cyclic N) is 1. The molecular weight excluding hydrogens is 630 g/mol. The van der Waals surface area contributed by atoms with Gasteiger partial charge in [0.1, 0.15) is 6.04 Å². The fraction of sp³-hybridized carbons (Fsp3) is 0.750. The molecule has 2 saturated heterocycles. The highest BCUT2D eigenvalue weighted by molar-refractivity contribution is 7.92. The molecule has 4 rings (SSSR count). The van der Waals surface area contributed by atoms with Gasteiger partial charge < -0.3 is 26.0 Å². The molecule has 0 spiro atoms. The van der Waals surface area contributed by atoms with E-state index in [1.165, 1.54) is 20.3 Å². The van der Waals surface area contributed by atoms with Crippen LogP contribution in [0.3, 0.4) is 0 Å². The molecule has 4 amide bonds. The number of sulfone groups is 1. The summed E-state index contributed by atoms with van der Waals surface area (Å²) < 4.78 is 24.4. The first-order valence-corrected chi connectivity index (χ1v) is 19.7. The third kappa shape index (κ3) is 9.94. The number of urea groups is 1. The predicted octanol–water partition coefficient (Wildman–Crippen LogP) is 3.26. The van der Waals surface area contributed by atoms with Crippen LogP contribution in [-0.2, 0) is 25.8 Å². The van der Waals surface area contributed by atoms with E-state index in [0.29, 0.717) is 31.5 Å². The van der Waals surface area contributed by atoms with Gasteiger partial charge >= 0.3 is 6.03 Å². The number of aliphatic hydroxyl groups excluding tert-OH is 1. The highest BCUT2D eigenvalue weighted by Crippen LogP contribution is 2.39. The molecule has 11 nitrogen and oxygen atoms in total. The Hall–Kier alpha value is -2.70. The van der Waals surface area contributed by atoms with Crippen LogP contribution >= 0.6 is 0 Å². The summed E-state index contributed by atoms with van der Waals surface area (Å²) in [6.07, 6.45) is 8.20. The van der Waals surface area contributed by atoms with Crippen molar-refractivity contribution in [2.24, 2.45) is 11.8 Å². The first-order valence-electron chi connectivity index (χ1n) is 17.8. The first-order chi connectivity index (χ1) is 22.5. The molecule has 2 heterocycles. The van der Waals surface area contributed by atoms with Gasteiger partial charge in [-0.2, -0.15) is 0 Å². The number of benzene rings is 1. The number of fused-ring (bicyclic) bond motifs is 1. The lowest BCUT2D eigenvalue weighted by Gasteiger charge is -2.47. The van der Waals surface area contributed by atoms with Crippen molar-refractivity contribution < 1.29 is 27.9 Å². The number of amides is 4. The lowest BCUT2D eigenvalue weighted by molar-refractivity contribution is -0.133. The summed E-state index contributed by atoms with van der Waals surface area (Å²) in [6.45, 7) is 10.7. The molecule has 0 radical (unpaired) electrons. The number of hydrogen-bond donors (Lipinski definition) is 4. The van der Waals surface area contributed by atoms with Gasteiger partial charge in [0.05, 0.1) is 22.9 Å². The van der Waals surface area contributed by atoms with Crippen LogP contribution in [0, 0.1) is 11.8 Å². The van der Waals surface area contributed by atoms with E-state index in [-0.39, 0.29) is 18.9 Å². The minimum absolute atomic E-state index is 0.0576. The second-order valence-corrected chi connectivity index (χ2v) is 18.5. The van der Waals surface area contributed by atoms with E-state index in [1.807, 2.05) is 51.1 Å². The SMILES string of the molecule is CC(C)(C)NC(=O)[C@@H]1CC2CCCCC2CN1C[C@@H](O)[C@H](Cc1ccccc1)NC(=O)[C@@H](NC(=O)N1CCCCC1)C(C)(C)S(C)(=O)=O.